The molecule has 0 saturated heterocycles. The Morgan fingerprint density at radius 2 is 1.68 bits per heavy atom. The average Bonchev–Trinajstić information content (AvgIpc) is 3.31. The van der Waals surface area contributed by atoms with Crippen LogP contribution in [0.2, 0.25) is 0 Å². The number of amides is 1. The highest BCUT2D eigenvalue weighted by Crippen LogP contribution is 2.69. The largest absolute Gasteiger partial charge is 0.417 e. The molecule has 1 amide bonds. The van der Waals surface area contributed by atoms with Crippen molar-refractivity contribution in [2.75, 3.05) is 0 Å². The summed E-state index contributed by atoms with van der Waals surface area (Å²) < 4.78 is 83.1. The first-order valence-electron chi connectivity index (χ1n) is 16.2. The van der Waals surface area contributed by atoms with E-state index in [1.54, 1.807) is 0 Å². The number of rotatable bonds is 7. The summed E-state index contributed by atoms with van der Waals surface area (Å²) in [5.74, 6) is -0.741. The van der Waals surface area contributed by atoms with Crippen LogP contribution in [-0.4, -0.2) is 42.9 Å². The molecule has 44 heavy (non-hydrogen) atoms. The number of aliphatic hydroxyl groups is 2. The van der Waals surface area contributed by atoms with E-state index >= 15 is 4.39 Å². The van der Waals surface area contributed by atoms with Gasteiger partial charge in [0, 0.05) is 12.3 Å². The van der Waals surface area contributed by atoms with Gasteiger partial charge in [-0.3, -0.25) is 4.79 Å². The van der Waals surface area contributed by atoms with Crippen molar-refractivity contribution in [3.63, 3.8) is 0 Å². The summed E-state index contributed by atoms with van der Waals surface area (Å²) in [4.78, 5) is 11.8. The first-order chi connectivity index (χ1) is 20.5. The Kier molecular flexibility index (Phi) is 9.04. The number of alkyl halides is 4. The van der Waals surface area contributed by atoms with Crippen molar-refractivity contribution in [3.05, 3.63) is 29.8 Å². The van der Waals surface area contributed by atoms with Crippen molar-refractivity contribution in [2.24, 2.45) is 52.3 Å². The Morgan fingerprint density at radius 1 is 1.05 bits per heavy atom. The van der Waals surface area contributed by atoms with E-state index in [-0.39, 0.29) is 58.7 Å². The monoisotopic (exact) mass is 645 g/mol. The van der Waals surface area contributed by atoms with E-state index in [0.717, 1.165) is 44.2 Å². The quantitative estimate of drug-likeness (QED) is 0.294. The van der Waals surface area contributed by atoms with Crippen molar-refractivity contribution in [1.82, 2.24) is 4.72 Å². The van der Waals surface area contributed by atoms with Crippen LogP contribution in [0.25, 0.3) is 0 Å². The normalized spacial score (nSPS) is 41.3. The summed E-state index contributed by atoms with van der Waals surface area (Å²) in [5.41, 5.74) is -1.72. The Labute approximate surface area is 258 Å². The van der Waals surface area contributed by atoms with Crippen LogP contribution >= 0.6 is 0 Å². The lowest BCUT2D eigenvalue weighted by Crippen LogP contribution is -2.65. The first kappa shape index (κ1) is 33.6. The summed E-state index contributed by atoms with van der Waals surface area (Å²) in [6.45, 7) is 8.49. The number of sulfonamides is 1. The standard InChI is InChI=1S/C33H47F4NO5S/c1-5-19-28-29(34)24(39)15-17-32(28,4)23-14-16-31(3)20(11-12-22(31)27(23)30(19)41)18(2)10-13-26(40)38-44(42,43)25-9-7-6-8-21(25)33(35,36)37/h6-9,18-20,22-24,27-30,39,41H,5,10-17H2,1-4H3,(H,38,40)/t18?,19-,20-,22+,23+,24-,27+,28-,29+,30-,31-,32-/m1/s1. The first-order valence-corrected chi connectivity index (χ1v) is 17.7. The van der Waals surface area contributed by atoms with E-state index in [1.165, 1.54) is 6.07 Å². The average molecular weight is 646 g/mol. The minimum atomic E-state index is -4.89. The number of aliphatic hydroxyl groups excluding tert-OH is 2. The second-order valence-corrected chi connectivity index (χ2v) is 16.4. The second kappa shape index (κ2) is 11.8. The maximum absolute atomic E-state index is 15.6. The van der Waals surface area contributed by atoms with Gasteiger partial charge in [0.15, 0.2) is 0 Å². The third kappa shape index (κ3) is 5.50. The third-order valence-electron chi connectivity index (χ3n) is 12.7. The third-order valence-corrected chi connectivity index (χ3v) is 14.1. The number of carbonyl (C=O) groups excluding carboxylic acids is 1. The van der Waals surface area contributed by atoms with Crippen molar-refractivity contribution in [1.29, 1.82) is 0 Å². The van der Waals surface area contributed by atoms with Gasteiger partial charge in [-0.25, -0.2) is 17.5 Å². The number of carbonyl (C=O) groups is 1. The molecule has 1 unspecified atom stereocenters. The van der Waals surface area contributed by atoms with E-state index in [4.69, 9.17) is 0 Å². The van der Waals surface area contributed by atoms with E-state index in [1.807, 2.05) is 18.6 Å². The lowest BCUT2D eigenvalue weighted by molar-refractivity contribution is -0.222. The van der Waals surface area contributed by atoms with E-state index < -0.39 is 50.9 Å². The van der Waals surface area contributed by atoms with Crippen LogP contribution < -0.4 is 4.72 Å². The molecule has 11 heteroatoms. The lowest BCUT2D eigenvalue weighted by Gasteiger charge is -2.65. The van der Waals surface area contributed by atoms with Crippen molar-refractivity contribution in [2.45, 2.75) is 115 Å². The molecule has 0 aromatic heterocycles. The molecule has 0 heterocycles. The topological polar surface area (TPSA) is 104 Å². The predicted molar refractivity (Wildman–Crippen MR) is 157 cm³/mol. The predicted octanol–water partition coefficient (Wildman–Crippen LogP) is 6.50. The van der Waals surface area contributed by atoms with Crippen LogP contribution in [0.1, 0.15) is 91.0 Å². The second-order valence-electron chi connectivity index (χ2n) is 14.7. The molecule has 248 valence electrons. The Hall–Kier alpha value is -1.72. The van der Waals surface area contributed by atoms with E-state index in [0.29, 0.717) is 25.3 Å². The van der Waals surface area contributed by atoms with Crippen LogP contribution in [-0.2, 0) is 21.0 Å². The smallest absolute Gasteiger partial charge is 0.393 e. The van der Waals surface area contributed by atoms with Gasteiger partial charge in [-0.15, -0.1) is 0 Å². The fraction of sp³-hybridized carbons (Fsp3) is 0.788. The minimum Gasteiger partial charge on any atom is -0.393 e. The Bertz CT molecular complexity index is 1340. The van der Waals surface area contributed by atoms with Gasteiger partial charge in [-0.05, 0) is 103 Å². The molecule has 12 atom stereocenters. The van der Waals surface area contributed by atoms with Gasteiger partial charge in [0.1, 0.15) is 6.17 Å². The van der Waals surface area contributed by atoms with Crippen LogP contribution in [0, 0.1) is 52.3 Å². The number of halogens is 4. The molecule has 0 aliphatic heterocycles. The van der Waals surface area contributed by atoms with Gasteiger partial charge in [0.25, 0.3) is 10.0 Å². The summed E-state index contributed by atoms with van der Waals surface area (Å²) in [6.07, 6.45) is -2.20. The maximum Gasteiger partial charge on any atom is 0.417 e. The highest BCUT2D eigenvalue weighted by molar-refractivity contribution is 7.90. The van der Waals surface area contributed by atoms with Gasteiger partial charge in [0.2, 0.25) is 5.91 Å². The van der Waals surface area contributed by atoms with Crippen molar-refractivity contribution < 1.29 is 41.0 Å². The summed E-state index contributed by atoms with van der Waals surface area (Å²) in [6, 6.07) is 3.79. The zero-order valence-electron chi connectivity index (χ0n) is 26.0. The van der Waals surface area contributed by atoms with Crippen LogP contribution in [0.5, 0.6) is 0 Å². The molecule has 4 aliphatic rings. The molecule has 3 N–H and O–H groups in total. The number of nitrogens with one attached hydrogen (secondary N) is 1. The molecule has 6 nitrogen and oxygen atoms in total. The molecule has 1 aromatic carbocycles. The Balaban J connectivity index is 1.28. The Morgan fingerprint density at radius 3 is 2.34 bits per heavy atom. The van der Waals surface area contributed by atoms with Gasteiger partial charge in [-0.2, -0.15) is 13.2 Å². The minimum absolute atomic E-state index is 0.0294. The maximum atomic E-state index is 15.6. The summed E-state index contributed by atoms with van der Waals surface area (Å²) in [5, 5.41) is 22.2. The number of hydrogen-bond donors (Lipinski definition) is 3. The number of hydrogen-bond acceptors (Lipinski definition) is 5. The molecule has 0 bridgehead atoms. The van der Waals surface area contributed by atoms with Gasteiger partial charge in [-0.1, -0.05) is 46.2 Å². The number of fused-ring (bicyclic) bond motifs is 5. The zero-order valence-corrected chi connectivity index (χ0v) is 26.8. The lowest BCUT2D eigenvalue weighted by atomic mass is 9.41. The highest BCUT2D eigenvalue weighted by Gasteiger charge is 2.66. The van der Waals surface area contributed by atoms with Crippen LogP contribution in [0.15, 0.2) is 29.2 Å². The molecule has 1 aromatic rings. The zero-order chi connectivity index (χ0) is 32.4. The van der Waals surface area contributed by atoms with Gasteiger partial charge < -0.3 is 10.2 Å². The van der Waals surface area contributed by atoms with Crippen molar-refractivity contribution >= 4 is 15.9 Å². The number of benzene rings is 1. The molecular weight excluding hydrogens is 598 g/mol. The molecule has 4 fully saturated rings. The fourth-order valence-electron chi connectivity index (χ4n) is 10.7. The van der Waals surface area contributed by atoms with Crippen LogP contribution in [0.4, 0.5) is 17.6 Å². The summed E-state index contributed by atoms with van der Waals surface area (Å²) in [7, 11) is -4.71. The summed E-state index contributed by atoms with van der Waals surface area (Å²) >= 11 is 0. The fourth-order valence-corrected chi connectivity index (χ4v) is 11.9. The van der Waals surface area contributed by atoms with E-state index in [2.05, 4.69) is 13.8 Å². The molecule has 5 rings (SSSR count). The molecule has 0 radical (unpaired) electrons. The molecular formula is C33H47F4NO5S. The highest BCUT2D eigenvalue weighted by atomic mass is 32.2. The molecule has 0 spiro atoms. The molecule has 4 saturated carbocycles. The van der Waals surface area contributed by atoms with E-state index in [9.17, 15) is 36.6 Å². The van der Waals surface area contributed by atoms with Crippen molar-refractivity contribution in [3.8, 4) is 0 Å². The van der Waals surface area contributed by atoms with Gasteiger partial charge >= 0.3 is 6.18 Å². The van der Waals surface area contributed by atoms with Gasteiger partial charge in [0.05, 0.1) is 22.7 Å². The molecule has 4 aliphatic carbocycles. The van der Waals surface area contributed by atoms with Crippen LogP contribution in [0.3, 0.4) is 0 Å². The SMILES string of the molecule is CC[C@H]1[C@@H](O)[C@@H]2[C@H](CC[C@]3(C)[C@@H](C(C)CCC(=O)NS(=O)(=O)c4ccccc4C(F)(F)F)CC[C@@H]23)[C@@]2(C)CC[C@@H](O)[C@H](F)[C@@H]12.